The van der Waals surface area contributed by atoms with E-state index < -0.39 is 0 Å². The molecule has 0 radical (unpaired) electrons. The molecule has 1 aliphatic heterocycles. The second-order valence-corrected chi connectivity index (χ2v) is 7.78. The first-order valence-electron chi connectivity index (χ1n) is 9.24. The van der Waals surface area contributed by atoms with Crippen molar-refractivity contribution in [1.29, 1.82) is 0 Å². The number of aromatic nitrogens is 2. The van der Waals surface area contributed by atoms with E-state index in [-0.39, 0.29) is 17.9 Å². The van der Waals surface area contributed by atoms with Gasteiger partial charge in [-0.2, -0.15) is 0 Å². The third-order valence-electron chi connectivity index (χ3n) is 5.06. The second kappa shape index (κ2) is 8.02. The van der Waals surface area contributed by atoms with E-state index in [1.807, 2.05) is 35.7 Å². The Balaban J connectivity index is 1.39. The first kappa shape index (κ1) is 17.9. The van der Waals surface area contributed by atoms with Gasteiger partial charge in [0, 0.05) is 25.7 Å². The molecule has 7 heteroatoms. The van der Waals surface area contributed by atoms with Gasteiger partial charge < -0.3 is 16.0 Å². The number of hydrogen-bond donors (Lipinski definition) is 2. The first-order valence-corrected chi connectivity index (χ1v) is 10.1. The molecule has 6 nitrogen and oxygen atoms in total. The van der Waals surface area contributed by atoms with Crippen LogP contribution in [0, 0.1) is 5.92 Å². The fourth-order valence-corrected chi connectivity index (χ4v) is 4.31. The lowest BCUT2D eigenvalue weighted by Gasteiger charge is -2.33. The zero-order chi connectivity index (χ0) is 18.6. The highest BCUT2D eigenvalue weighted by Crippen LogP contribution is 2.29. The number of benzene rings is 1. The predicted molar refractivity (Wildman–Crippen MR) is 109 cm³/mol. The highest BCUT2D eigenvalue weighted by Gasteiger charge is 2.27. The Labute approximate surface area is 162 Å². The summed E-state index contributed by atoms with van der Waals surface area (Å²) < 4.78 is 0. The second-order valence-electron chi connectivity index (χ2n) is 6.88. The van der Waals surface area contributed by atoms with Gasteiger partial charge in [-0.25, -0.2) is 9.97 Å². The molecule has 140 valence electrons. The molecule has 0 bridgehead atoms. The molecule has 1 amide bonds. The van der Waals surface area contributed by atoms with Gasteiger partial charge in [-0.3, -0.25) is 4.79 Å². The number of piperidine rings is 1. The number of carbonyl (C=O) groups is 1. The van der Waals surface area contributed by atoms with Gasteiger partial charge in [0.1, 0.15) is 17.0 Å². The van der Waals surface area contributed by atoms with Crippen LogP contribution in [0.4, 0.5) is 5.82 Å². The number of fused-ring (bicyclic) bond motifs is 1. The molecule has 0 saturated carbocycles. The van der Waals surface area contributed by atoms with Crippen LogP contribution in [0.3, 0.4) is 0 Å². The van der Waals surface area contributed by atoms with Gasteiger partial charge in [0.05, 0.1) is 11.3 Å². The highest BCUT2D eigenvalue weighted by atomic mass is 32.1. The molecule has 3 N–H and O–H groups in total. The van der Waals surface area contributed by atoms with Crippen molar-refractivity contribution in [3.63, 3.8) is 0 Å². The van der Waals surface area contributed by atoms with Gasteiger partial charge in [0.2, 0.25) is 5.91 Å². The molecule has 0 spiro atoms. The number of nitrogens with two attached hydrogens (primary N) is 1. The van der Waals surface area contributed by atoms with Crippen LogP contribution < -0.4 is 16.0 Å². The Kier molecular flexibility index (Phi) is 5.31. The molecule has 3 aromatic rings. The Morgan fingerprint density at radius 2 is 2.15 bits per heavy atom. The molecule has 0 aliphatic carbocycles. The lowest BCUT2D eigenvalue weighted by atomic mass is 9.96. The minimum atomic E-state index is -0.192. The zero-order valence-electron chi connectivity index (χ0n) is 15.0. The van der Waals surface area contributed by atoms with Crippen LogP contribution >= 0.6 is 11.3 Å². The maximum atomic E-state index is 12.7. The molecular formula is C20H23N5OS. The van der Waals surface area contributed by atoms with Crippen molar-refractivity contribution in [2.24, 2.45) is 11.7 Å². The monoisotopic (exact) mass is 381 g/mol. The molecule has 27 heavy (non-hydrogen) atoms. The summed E-state index contributed by atoms with van der Waals surface area (Å²) >= 11 is 1.61. The SMILES string of the molecule is NC(CNC(=O)C1CCCN(c2ncnc3sccc23)C1)c1ccccc1. The van der Waals surface area contributed by atoms with Crippen LogP contribution in [0.5, 0.6) is 0 Å². The van der Waals surface area contributed by atoms with Crippen LogP contribution in [-0.2, 0) is 4.79 Å². The van der Waals surface area contributed by atoms with Crippen molar-refractivity contribution < 1.29 is 4.79 Å². The number of anilines is 1. The molecule has 1 fully saturated rings. The van der Waals surface area contributed by atoms with E-state index in [4.69, 9.17) is 5.73 Å². The van der Waals surface area contributed by atoms with Crippen LogP contribution in [0.25, 0.3) is 10.2 Å². The highest BCUT2D eigenvalue weighted by molar-refractivity contribution is 7.16. The average molecular weight is 382 g/mol. The largest absolute Gasteiger partial charge is 0.355 e. The number of hydrogen-bond acceptors (Lipinski definition) is 6. The van der Waals surface area contributed by atoms with Crippen molar-refractivity contribution in [1.82, 2.24) is 15.3 Å². The summed E-state index contributed by atoms with van der Waals surface area (Å²) in [5, 5.41) is 6.13. The van der Waals surface area contributed by atoms with Crippen LogP contribution in [-0.4, -0.2) is 35.5 Å². The number of carbonyl (C=O) groups excluding carboxylic acids is 1. The fraction of sp³-hybridized carbons (Fsp3) is 0.350. The van der Waals surface area contributed by atoms with Crippen molar-refractivity contribution >= 4 is 33.3 Å². The summed E-state index contributed by atoms with van der Waals surface area (Å²) in [5.41, 5.74) is 7.23. The molecule has 4 rings (SSSR count). The Morgan fingerprint density at radius 3 is 3.00 bits per heavy atom. The summed E-state index contributed by atoms with van der Waals surface area (Å²) in [6.07, 6.45) is 3.47. The van der Waals surface area contributed by atoms with Gasteiger partial charge in [0.25, 0.3) is 0 Å². The van der Waals surface area contributed by atoms with Crippen molar-refractivity contribution in [3.8, 4) is 0 Å². The topological polar surface area (TPSA) is 84.1 Å². The lowest BCUT2D eigenvalue weighted by molar-refractivity contribution is -0.125. The van der Waals surface area contributed by atoms with Crippen LogP contribution in [0.1, 0.15) is 24.4 Å². The predicted octanol–water partition coefficient (Wildman–Crippen LogP) is 2.72. The Bertz CT molecular complexity index is 913. The lowest BCUT2D eigenvalue weighted by Crippen LogP contribution is -2.44. The van der Waals surface area contributed by atoms with Gasteiger partial charge in [-0.15, -0.1) is 11.3 Å². The minimum absolute atomic E-state index is 0.0506. The minimum Gasteiger partial charge on any atom is -0.355 e. The third kappa shape index (κ3) is 3.94. The first-order chi connectivity index (χ1) is 13.2. The molecule has 1 aromatic carbocycles. The Morgan fingerprint density at radius 1 is 1.30 bits per heavy atom. The molecule has 2 aromatic heterocycles. The standard InChI is InChI=1S/C20H23N5OS/c21-17(14-5-2-1-3-6-14)11-22-19(26)15-7-4-9-25(12-15)18-16-8-10-27-20(16)24-13-23-18/h1-3,5-6,8,10,13,15,17H,4,7,9,11-12,21H2,(H,22,26). The molecule has 2 unspecified atom stereocenters. The van der Waals surface area contributed by atoms with E-state index >= 15 is 0 Å². The maximum Gasteiger partial charge on any atom is 0.224 e. The number of nitrogens with one attached hydrogen (secondary N) is 1. The average Bonchev–Trinajstić information content (AvgIpc) is 3.21. The molecule has 2 atom stereocenters. The van der Waals surface area contributed by atoms with Crippen molar-refractivity contribution in [2.45, 2.75) is 18.9 Å². The van der Waals surface area contributed by atoms with E-state index in [9.17, 15) is 4.79 Å². The van der Waals surface area contributed by atoms with E-state index in [0.29, 0.717) is 13.1 Å². The summed E-state index contributed by atoms with van der Waals surface area (Å²) in [6.45, 7) is 2.03. The van der Waals surface area contributed by atoms with E-state index in [1.165, 1.54) is 0 Å². The summed E-state index contributed by atoms with van der Waals surface area (Å²) in [7, 11) is 0. The molecule has 1 aliphatic rings. The van der Waals surface area contributed by atoms with E-state index in [0.717, 1.165) is 41.0 Å². The van der Waals surface area contributed by atoms with Gasteiger partial charge in [0.15, 0.2) is 0 Å². The smallest absolute Gasteiger partial charge is 0.224 e. The number of rotatable bonds is 5. The van der Waals surface area contributed by atoms with Crippen LogP contribution in [0.2, 0.25) is 0 Å². The van der Waals surface area contributed by atoms with Gasteiger partial charge in [-0.1, -0.05) is 30.3 Å². The van der Waals surface area contributed by atoms with Gasteiger partial charge in [-0.05, 0) is 29.9 Å². The quantitative estimate of drug-likeness (QED) is 0.710. The fourth-order valence-electron chi connectivity index (χ4n) is 3.59. The Hall–Kier alpha value is -2.51. The summed E-state index contributed by atoms with van der Waals surface area (Å²) in [6, 6.07) is 11.7. The third-order valence-corrected chi connectivity index (χ3v) is 5.88. The number of thiophene rings is 1. The maximum absolute atomic E-state index is 12.7. The normalized spacial score (nSPS) is 18.4. The number of amides is 1. The number of nitrogens with zero attached hydrogens (tertiary/aromatic N) is 3. The summed E-state index contributed by atoms with van der Waals surface area (Å²) in [4.78, 5) is 24.7. The molecule has 1 saturated heterocycles. The van der Waals surface area contributed by atoms with E-state index in [2.05, 4.69) is 26.3 Å². The zero-order valence-corrected chi connectivity index (χ0v) is 15.9. The van der Waals surface area contributed by atoms with Crippen molar-refractivity contribution in [3.05, 3.63) is 53.7 Å². The van der Waals surface area contributed by atoms with Crippen LogP contribution in [0.15, 0.2) is 48.1 Å². The van der Waals surface area contributed by atoms with E-state index in [1.54, 1.807) is 17.7 Å². The molecule has 3 heterocycles. The molecular weight excluding hydrogens is 358 g/mol. The summed E-state index contributed by atoms with van der Waals surface area (Å²) in [5.74, 6) is 0.951. The van der Waals surface area contributed by atoms with Crippen molar-refractivity contribution in [2.75, 3.05) is 24.5 Å². The van der Waals surface area contributed by atoms with Gasteiger partial charge >= 0.3 is 0 Å².